The maximum atomic E-state index is 5.20. The standard InChI is InChI=1S/C9H20N2S/c1-4-7-8-10-9(12)11(5-2)6-3/h4-8H2,1-3H3,(H,10,12). The summed E-state index contributed by atoms with van der Waals surface area (Å²) >= 11 is 5.20. The molecule has 0 aromatic carbocycles. The molecule has 0 bridgehead atoms. The highest BCUT2D eigenvalue weighted by molar-refractivity contribution is 7.80. The second-order valence-corrected chi connectivity index (χ2v) is 3.14. The number of nitrogens with zero attached hydrogens (tertiary/aromatic N) is 1. The van der Waals surface area contributed by atoms with Gasteiger partial charge in [0.25, 0.3) is 0 Å². The van der Waals surface area contributed by atoms with Gasteiger partial charge < -0.3 is 10.2 Å². The molecule has 0 saturated heterocycles. The molecule has 0 saturated carbocycles. The summed E-state index contributed by atoms with van der Waals surface area (Å²) in [6.07, 6.45) is 2.41. The first-order valence-electron chi connectivity index (χ1n) is 4.79. The Hall–Kier alpha value is -0.310. The van der Waals surface area contributed by atoms with Gasteiger partial charge >= 0.3 is 0 Å². The third kappa shape index (κ3) is 4.54. The van der Waals surface area contributed by atoms with E-state index in [4.69, 9.17) is 12.2 Å². The summed E-state index contributed by atoms with van der Waals surface area (Å²) in [7, 11) is 0. The molecule has 72 valence electrons. The van der Waals surface area contributed by atoms with Gasteiger partial charge in [0.15, 0.2) is 5.11 Å². The van der Waals surface area contributed by atoms with Gasteiger partial charge in [-0.25, -0.2) is 0 Å². The van der Waals surface area contributed by atoms with E-state index in [1.165, 1.54) is 12.8 Å². The predicted molar refractivity (Wildman–Crippen MR) is 58.4 cm³/mol. The summed E-state index contributed by atoms with van der Waals surface area (Å²) in [4.78, 5) is 2.16. The lowest BCUT2D eigenvalue weighted by Gasteiger charge is -2.22. The summed E-state index contributed by atoms with van der Waals surface area (Å²) < 4.78 is 0. The molecule has 0 aliphatic carbocycles. The molecule has 0 unspecified atom stereocenters. The largest absolute Gasteiger partial charge is 0.363 e. The molecule has 0 aromatic heterocycles. The Bertz CT molecular complexity index is 122. The normalized spacial score (nSPS) is 9.58. The summed E-state index contributed by atoms with van der Waals surface area (Å²) in [6, 6.07) is 0. The van der Waals surface area contributed by atoms with E-state index < -0.39 is 0 Å². The zero-order chi connectivity index (χ0) is 9.40. The lowest BCUT2D eigenvalue weighted by atomic mass is 10.3. The quantitative estimate of drug-likeness (QED) is 0.525. The zero-order valence-electron chi connectivity index (χ0n) is 8.39. The van der Waals surface area contributed by atoms with Crippen LogP contribution in [-0.4, -0.2) is 29.6 Å². The van der Waals surface area contributed by atoms with E-state index in [2.05, 4.69) is 31.0 Å². The topological polar surface area (TPSA) is 15.3 Å². The highest BCUT2D eigenvalue weighted by Crippen LogP contribution is 1.90. The van der Waals surface area contributed by atoms with Crippen LogP contribution in [-0.2, 0) is 0 Å². The van der Waals surface area contributed by atoms with Gasteiger partial charge in [0, 0.05) is 19.6 Å². The summed E-state index contributed by atoms with van der Waals surface area (Å²) in [6.45, 7) is 9.42. The lowest BCUT2D eigenvalue weighted by molar-refractivity contribution is 0.455. The van der Waals surface area contributed by atoms with Crippen molar-refractivity contribution in [1.82, 2.24) is 10.2 Å². The molecule has 0 aromatic rings. The number of hydrogen-bond donors (Lipinski definition) is 1. The summed E-state index contributed by atoms with van der Waals surface area (Å²) in [5, 5.41) is 4.14. The first kappa shape index (κ1) is 11.7. The van der Waals surface area contributed by atoms with Crippen molar-refractivity contribution in [3.63, 3.8) is 0 Å². The van der Waals surface area contributed by atoms with E-state index >= 15 is 0 Å². The van der Waals surface area contributed by atoms with Crippen LogP contribution in [0.25, 0.3) is 0 Å². The molecule has 0 radical (unpaired) electrons. The van der Waals surface area contributed by atoms with E-state index in [1.807, 2.05) is 0 Å². The molecular formula is C9H20N2S. The average Bonchev–Trinajstić information content (AvgIpc) is 2.07. The van der Waals surface area contributed by atoms with Crippen LogP contribution < -0.4 is 5.32 Å². The molecule has 0 atom stereocenters. The monoisotopic (exact) mass is 188 g/mol. The average molecular weight is 188 g/mol. The van der Waals surface area contributed by atoms with Crippen molar-refractivity contribution in [3.05, 3.63) is 0 Å². The fraction of sp³-hybridized carbons (Fsp3) is 0.889. The molecule has 3 heteroatoms. The Kier molecular flexibility index (Phi) is 7.16. The third-order valence-corrected chi connectivity index (χ3v) is 2.26. The van der Waals surface area contributed by atoms with E-state index in [0.29, 0.717) is 0 Å². The number of thiocarbonyl (C=S) groups is 1. The van der Waals surface area contributed by atoms with Crippen LogP contribution >= 0.6 is 12.2 Å². The van der Waals surface area contributed by atoms with Crippen molar-refractivity contribution >= 4 is 17.3 Å². The molecule has 0 fully saturated rings. The summed E-state index contributed by atoms with van der Waals surface area (Å²) in [5.74, 6) is 0. The van der Waals surface area contributed by atoms with Gasteiger partial charge in [-0.1, -0.05) is 13.3 Å². The van der Waals surface area contributed by atoms with Gasteiger partial charge in [0.05, 0.1) is 0 Å². The zero-order valence-corrected chi connectivity index (χ0v) is 9.21. The van der Waals surface area contributed by atoms with Crippen molar-refractivity contribution < 1.29 is 0 Å². The van der Waals surface area contributed by atoms with Crippen molar-refractivity contribution in [3.8, 4) is 0 Å². The number of hydrogen-bond acceptors (Lipinski definition) is 1. The van der Waals surface area contributed by atoms with E-state index in [0.717, 1.165) is 24.7 Å². The van der Waals surface area contributed by atoms with Crippen molar-refractivity contribution in [2.45, 2.75) is 33.6 Å². The highest BCUT2D eigenvalue weighted by Gasteiger charge is 2.02. The Morgan fingerprint density at radius 2 is 1.83 bits per heavy atom. The van der Waals surface area contributed by atoms with E-state index in [-0.39, 0.29) is 0 Å². The van der Waals surface area contributed by atoms with E-state index in [9.17, 15) is 0 Å². The van der Waals surface area contributed by atoms with Gasteiger partial charge in [-0.05, 0) is 32.5 Å². The molecule has 2 nitrogen and oxygen atoms in total. The minimum Gasteiger partial charge on any atom is -0.363 e. The molecule has 0 rings (SSSR count). The van der Waals surface area contributed by atoms with Crippen LogP contribution in [0.15, 0.2) is 0 Å². The number of nitrogens with one attached hydrogen (secondary N) is 1. The minimum atomic E-state index is 0.897. The molecule has 0 heterocycles. The van der Waals surface area contributed by atoms with Gasteiger partial charge in [0.1, 0.15) is 0 Å². The Balaban J connectivity index is 3.54. The third-order valence-electron chi connectivity index (χ3n) is 1.86. The van der Waals surface area contributed by atoms with Gasteiger partial charge in [-0.3, -0.25) is 0 Å². The molecule has 0 spiro atoms. The van der Waals surface area contributed by atoms with Crippen LogP contribution in [0.2, 0.25) is 0 Å². The van der Waals surface area contributed by atoms with Crippen molar-refractivity contribution in [2.75, 3.05) is 19.6 Å². The van der Waals surface area contributed by atoms with Crippen LogP contribution in [0.5, 0.6) is 0 Å². The first-order chi connectivity index (χ1) is 5.76. The molecule has 0 amide bonds. The van der Waals surface area contributed by atoms with Gasteiger partial charge in [-0.2, -0.15) is 0 Å². The van der Waals surface area contributed by atoms with E-state index in [1.54, 1.807) is 0 Å². The van der Waals surface area contributed by atoms with Gasteiger partial charge in [-0.15, -0.1) is 0 Å². The van der Waals surface area contributed by atoms with Crippen LogP contribution in [0.1, 0.15) is 33.6 Å². The second kappa shape index (κ2) is 7.35. The summed E-state index contributed by atoms with van der Waals surface area (Å²) in [5.41, 5.74) is 0. The smallest absolute Gasteiger partial charge is 0.168 e. The molecule has 0 aliphatic heterocycles. The maximum Gasteiger partial charge on any atom is 0.168 e. The first-order valence-corrected chi connectivity index (χ1v) is 5.19. The number of rotatable bonds is 5. The van der Waals surface area contributed by atoms with Crippen molar-refractivity contribution in [2.24, 2.45) is 0 Å². The van der Waals surface area contributed by atoms with Gasteiger partial charge in [0.2, 0.25) is 0 Å². The molecule has 0 aliphatic rings. The predicted octanol–water partition coefficient (Wildman–Crippen LogP) is 2.00. The molecule has 1 N–H and O–H groups in total. The van der Waals surface area contributed by atoms with Crippen LogP contribution in [0.4, 0.5) is 0 Å². The maximum absolute atomic E-state index is 5.20. The molecule has 12 heavy (non-hydrogen) atoms. The van der Waals surface area contributed by atoms with Crippen molar-refractivity contribution in [1.29, 1.82) is 0 Å². The van der Waals surface area contributed by atoms with Crippen LogP contribution in [0, 0.1) is 0 Å². The SMILES string of the molecule is CCCCNC(=S)N(CC)CC. The lowest BCUT2D eigenvalue weighted by Crippen LogP contribution is -2.39. The second-order valence-electron chi connectivity index (χ2n) is 2.76. The Labute approximate surface area is 81.3 Å². The molecular weight excluding hydrogens is 168 g/mol. The fourth-order valence-electron chi connectivity index (χ4n) is 0.995. The fourth-order valence-corrected chi connectivity index (χ4v) is 1.35. The van der Waals surface area contributed by atoms with Crippen LogP contribution in [0.3, 0.4) is 0 Å². The number of unbranched alkanes of at least 4 members (excludes halogenated alkanes) is 1. The minimum absolute atomic E-state index is 0.897. The Morgan fingerprint density at radius 3 is 2.25 bits per heavy atom. The Morgan fingerprint density at radius 1 is 1.25 bits per heavy atom. The highest BCUT2D eigenvalue weighted by atomic mass is 32.1.